The first-order valence-corrected chi connectivity index (χ1v) is 6.41. The van der Waals surface area contributed by atoms with E-state index in [0.29, 0.717) is 19.1 Å². The van der Waals surface area contributed by atoms with Gasteiger partial charge in [-0.3, -0.25) is 4.79 Å². The quantitative estimate of drug-likeness (QED) is 0.748. The third-order valence-electron chi connectivity index (χ3n) is 3.44. The second-order valence-corrected chi connectivity index (χ2v) is 4.81. The standard InChI is InChI=1S/C12H22N2O3/c1-16-9-10-3-2-5-14(8-10)12(15)11-7-13-4-6-17-11/h10-11,13H,2-9H2,1H3/t10-,11+/m1/s1. The van der Waals surface area contributed by atoms with Crippen LogP contribution in [0.2, 0.25) is 0 Å². The van der Waals surface area contributed by atoms with Gasteiger partial charge in [-0.1, -0.05) is 0 Å². The molecule has 2 heterocycles. The Hall–Kier alpha value is -0.650. The number of rotatable bonds is 3. The number of nitrogens with zero attached hydrogens (tertiary/aromatic N) is 1. The molecule has 0 aromatic carbocycles. The Balaban J connectivity index is 1.85. The molecule has 0 saturated carbocycles. The van der Waals surface area contributed by atoms with Crippen LogP contribution in [0.5, 0.6) is 0 Å². The molecular weight excluding hydrogens is 220 g/mol. The highest BCUT2D eigenvalue weighted by molar-refractivity contribution is 5.81. The number of piperidine rings is 1. The fraction of sp³-hybridized carbons (Fsp3) is 0.917. The molecule has 0 aliphatic carbocycles. The highest BCUT2D eigenvalue weighted by atomic mass is 16.5. The Bertz CT molecular complexity index is 252. The molecule has 2 aliphatic heterocycles. The molecular formula is C12H22N2O3. The molecule has 98 valence electrons. The van der Waals surface area contributed by atoms with Crippen molar-refractivity contribution in [3.8, 4) is 0 Å². The largest absolute Gasteiger partial charge is 0.384 e. The van der Waals surface area contributed by atoms with Gasteiger partial charge in [0, 0.05) is 33.3 Å². The number of nitrogens with one attached hydrogen (secondary N) is 1. The van der Waals surface area contributed by atoms with Gasteiger partial charge in [0.25, 0.3) is 5.91 Å². The second kappa shape index (κ2) is 6.33. The molecule has 2 rings (SSSR count). The van der Waals surface area contributed by atoms with E-state index in [1.165, 1.54) is 0 Å². The summed E-state index contributed by atoms with van der Waals surface area (Å²) in [6, 6.07) is 0. The molecule has 0 aromatic heterocycles. The van der Waals surface area contributed by atoms with Crippen LogP contribution in [-0.2, 0) is 14.3 Å². The van der Waals surface area contributed by atoms with Gasteiger partial charge in [0.05, 0.1) is 13.2 Å². The molecule has 0 bridgehead atoms. The van der Waals surface area contributed by atoms with Crippen LogP contribution in [0.1, 0.15) is 12.8 Å². The van der Waals surface area contributed by atoms with Gasteiger partial charge in [-0.15, -0.1) is 0 Å². The normalized spacial score (nSPS) is 30.3. The lowest BCUT2D eigenvalue weighted by Crippen LogP contribution is -2.52. The fourth-order valence-corrected chi connectivity index (χ4v) is 2.56. The van der Waals surface area contributed by atoms with Gasteiger partial charge in [-0.2, -0.15) is 0 Å². The van der Waals surface area contributed by atoms with Crippen molar-refractivity contribution in [2.24, 2.45) is 5.92 Å². The smallest absolute Gasteiger partial charge is 0.253 e. The highest BCUT2D eigenvalue weighted by Gasteiger charge is 2.30. The summed E-state index contributed by atoms with van der Waals surface area (Å²) < 4.78 is 10.7. The Labute approximate surface area is 102 Å². The molecule has 17 heavy (non-hydrogen) atoms. The van der Waals surface area contributed by atoms with Gasteiger partial charge in [0.15, 0.2) is 0 Å². The second-order valence-electron chi connectivity index (χ2n) is 4.81. The van der Waals surface area contributed by atoms with E-state index in [2.05, 4.69) is 5.32 Å². The average Bonchev–Trinajstić information content (AvgIpc) is 2.40. The van der Waals surface area contributed by atoms with Crippen LogP contribution in [0.15, 0.2) is 0 Å². The minimum absolute atomic E-state index is 0.137. The van der Waals surface area contributed by atoms with E-state index in [4.69, 9.17) is 9.47 Å². The number of ether oxygens (including phenoxy) is 2. The van der Waals surface area contributed by atoms with E-state index in [-0.39, 0.29) is 12.0 Å². The topological polar surface area (TPSA) is 50.8 Å². The number of likely N-dealkylation sites (tertiary alicyclic amines) is 1. The van der Waals surface area contributed by atoms with Gasteiger partial charge in [-0.25, -0.2) is 0 Å². The van der Waals surface area contributed by atoms with Gasteiger partial charge in [0.2, 0.25) is 0 Å². The average molecular weight is 242 g/mol. The van der Waals surface area contributed by atoms with Crippen LogP contribution in [-0.4, -0.2) is 63.4 Å². The van der Waals surface area contributed by atoms with Crippen LogP contribution in [0.3, 0.4) is 0 Å². The summed E-state index contributed by atoms with van der Waals surface area (Å²) in [5.74, 6) is 0.618. The first kappa shape index (κ1) is 12.8. The highest BCUT2D eigenvalue weighted by Crippen LogP contribution is 2.18. The van der Waals surface area contributed by atoms with Crippen molar-refractivity contribution in [2.45, 2.75) is 18.9 Å². The summed E-state index contributed by atoms with van der Waals surface area (Å²) in [6.45, 7) is 4.53. The zero-order valence-electron chi connectivity index (χ0n) is 10.5. The first-order chi connectivity index (χ1) is 8.31. The number of amides is 1. The Morgan fingerprint density at radius 1 is 1.59 bits per heavy atom. The van der Waals surface area contributed by atoms with Crippen molar-refractivity contribution in [1.82, 2.24) is 10.2 Å². The van der Waals surface area contributed by atoms with Crippen molar-refractivity contribution in [1.29, 1.82) is 0 Å². The summed E-state index contributed by atoms with van der Waals surface area (Å²) in [6.07, 6.45) is 1.94. The summed E-state index contributed by atoms with van der Waals surface area (Å²) in [4.78, 5) is 14.2. The summed E-state index contributed by atoms with van der Waals surface area (Å²) in [7, 11) is 1.72. The zero-order chi connectivity index (χ0) is 12.1. The van der Waals surface area contributed by atoms with E-state index >= 15 is 0 Å². The van der Waals surface area contributed by atoms with E-state index in [1.54, 1.807) is 7.11 Å². The molecule has 0 aromatic rings. The van der Waals surface area contributed by atoms with Crippen LogP contribution in [0.4, 0.5) is 0 Å². The predicted octanol–water partition coefficient (Wildman–Crippen LogP) is -0.140. The zero-order valence-corrected chi connectivity index (χ0v) is 10.5. The molecule has 1 amide bonds. The van der Waals surface area contributed by atoms with Crippen LogP contribution in [0.25, 0.3) is 0 Å². The molecule has 5 heteroatoms. The maximum Gasteiger partial charge on any atom is 0.253 e. The monoisotopic (exact) mass is 242 g/mol. The van der Waals surface area contributed by atoms with Gasteiger partial charge < -0.3 is 19.7 Å². The third kappa shape index (κ3) is 3.40. The Kier molecular flexibility index (Phi) is 4.76. The van der Waals surface area contributed by atoms with Crippen LogP contribution >= 0.6 is 0 Å². The lowest BCUT2D eigenvalue weighted by molar-refractivity contribution is -0.147. The number of carbonyl (C=O) groups is 1. The predicted molar refractivity (Wildman–Crippen MR) is 63.8 cm³/mol. The maximum atomic E-state index is 12.2. The van der Waals surface area contributed by atoms with Crippen LogP contribution < -0.4 is 5.32 Å². The lowest BCUT2D eigenvalue weighted by atomic mass is 9.98. The van der Waals surface area contributed by atoms with E-state index in [1.807, 2.05) is 4.90 Å². The summed E-state index contributed by atoms with van der Waals surface area (Å²) in [5, 5.41) is 3.19. The van der Waals surface area contributed by atoms with Gasteiger partial charge in [-0.05, 0) is 18.8 Å². The number of hydrogen-bond acceptors (Lipinski definition) is 4. The van der Waals surface area contributed by atoms with Crippen LogP contribution in [0, 0.1) is 5.92 Å². The minimum atomic E-state index is -0.287. The molecule has 0 unspecified atom stereocenters. The van der Waals surface area contributed by atoms with Gasteiger partial charge >= 0.3 is 0 Å². The van der Waals surface area contributed by atoms with E-state index in [0.717, 1.165) is 39.1 Å². The Morgan fingerprint density at radius 2 is 2.47 bits per heavy atom. The van der Waals surface area contributed by atoms with Crippen molar-refractivity contribution >= 4 is 5.91 Å². The first-order valence-electron chi connectivity index (χ1n) is 6.41. The SMILES string of the molecule is COC[C@@H]1CCCN(C(=O)[C@@H]2CNCCO2)C1. The molecule has 0 spiro atoms. The summed E-state index contributed by atoms with van der Waals surface area (Å²) in [5.41, 5.74) is 0. The fourth-order valence-electron chi connectivity index (χ4n) is 2.56. The molecule has 2 saturated heterocycles. The van der Waals surface area contributed by atoms with E-state index in [9.17, 15) is 4.79 Å². The van der Waals surface area contributed by atoms with Crippen molar-refractivity contribution < 1.29 is 14.3 Å². The number of hydrogen-bond donors (Lipinski definition) is 1. The minimum Gasteiger partial charge on any atom is -0.384 e. The molecule has 2 aliphatic rings. The number of methoxy groups -OCH3 is 1. The van der Waals surface area contributed by atoms with E-state index < -0.39 is 0 Å². The van der Waals surface area contributed by atoms with Gasteiger partial charge in [0.1, 0.15) is 6.10 Å². The number of carbonyl (C=O) groups excluding carboxylic acids is 1. The Morgan fingerprint density at radius 3 is 3.18 bits per heavy atom. The number of morpholine rings is 1. The van der Waals surface area contributed by atoms with Crippen molar-refractivity contribution in [3.63, 3.8) is 0 Å². The molecule has 5 nitrogen and oxygen atoms in total. The van der Waals surface area contributed by atoms with Crippen molar-refractivity contribution in [3.05, 3.63) is 0 Å². The molecule has 1 N–H and O–H groups in total. The molecule has 2 atom stereocenters. The summed E-state index contributed by atoms with van der Waals surface area (Å²) >= 11 is 0. The maximum absolute atomic E-state index is 12.2. The molecule has 0 radical (unpaired) electrons. The lowest BCUT2D eigenvalue weighted by Gasteiger charge is -2.35. The van der Waals surface area contributed by atoms with Crippen molar-refractivity contribution in [2.75, 3.05) is 46.5 Å². The molecule has 2 fully saturated rings. The third-order valence-corrected chi connectivity index (χ3v) is 3.44.